The van der Waals surface area contributed by atoms with Crippen LogP contribution >= 0.6 is 0 Å². The van der Waals surface area contributed by atoms with E-state index in [4.69, 9.17) is 10.5 Å². The lowest BCUT2D eigenvalue weighted by Crippen LogP contribution is -2.31. The van der Waals surface area contributed by atoms with E-state index in [0.29, 0.717) is 11.6 Å². The number of hydrazine groups is 1. The third-order valence-electron chi connectivity index (χ3n) is 4.39. The highest BCUT2D eigenvalue weighted by Crippen LogP contribution is 2.27. The number of hydrogen-bond donors (Lipinski definition) is 4. The minimum Gasteiger partial charge on any atom is -0.457 e. The van der Waals surface area contributed by atoms with Crippen molar-refractivity contribution < 1.29 is 13.9 Å². The van der Waals surface area contributed by atoms with Gasteiger partial charge in [-0.25, -0.2) is 14.4 Å². The second kappa shape index (κ2) is 9.43. The molecule has 0 atom stereocenters. The first-order chi connectivity index (χ1) is 15.6. The minimum absolute atomic E-state index is 0.108. The maximum absolute atomic E-state index is 13.7. The molecule has 0 fully saturated rings. The van der Waals surface area contributed by atoms with Crippen LogP contribution in [0.5, 0.6) is 11.5 Å². The van der Waals surface area contributed by atoms with Gasteiger partial charge in [-0.3, -0.25) is 15.6 Å². The molecule has 32 heavy (non-hydrogen) atoms. The molecule has 1 heterocycles. The fourth-order valence-electron chi connectivity index (χ4n) is 2.79. The predicted octanol–water partition coefficient (Wildman–Crippen LogP) is 4.49. The topological polar surface area (TPSA) is 114 Å². The van der Waals surface area contributed by atoms with Crippen LogP contribution in [0.15, 0.2) is 85.2 Å². The molecule has 160 valence electrons. The van der Waals surface area contributed by atoms with Gasteiger partial charge in [-0.2, -0.15) is 0 Å². The second-order valence-corrected chi connectivity index (χ2v) is 6.61. The van der Waals surface area contributed by atoms with Gasteiger partial charge in [0, 0.05) is 5.69 Å². The predicted molar refractivity (Wildman–Crippen MR) is 120 cm³/mol. The van der Waals surface area contributed by atoms with E-state index < -0.39 is 11.7 Å². The van der Waals surface area contributed by atoms with E-state index >= 15 is 0 Å². The maximum atomic E-state index is 13.7. The average Bonchev–Trinajstić information content (AvgIpc) is 2.82. The van der Waals surface area contributed by atoms with Crippen LogP contribution in [0.4, 0.5) is 27.4 Å². The van der Waals surface area contributed by atoms with E-state index in [9.17, 15) is 9.18 Å². The Hall–Kier alpha value is -4.66. The first kappa shape index (κ1) is 20.6. The van der Waals surface area contributed by atoms with Crippen molar-refractivity contribution >= 4 is 28.9 Å². The molecule has 0 unspecified atom stereocenters. The summed E-state index contributed by atoms with van der Waals surface area (Å²) in [6.07, 6.45) is 1.28. The number of benzene rings is 3. The fourth-order valence-corrected chi connectivity index (χ4v) is 2.79. The number of carbonyl (C=O) groups is 1. The summed E-state index contributed by atoms with van der Waals surface area (Å²) in [5, 5.41) is 3.09. The molecule has 0 aliphatic rings. The maximum Gasteiger partial charge on any atom is 0.272 e. The number of halogens is 1. The summed E-state index contributed by atoms with van der Waals surface area (Å²) in [7, 11) is 0. The van der Waals surface area contributed by atoms with Crippen LogP contribution in [-0.2, 0) is 0 Å². The molecule has 0 bridgehead atoms. The minimum atomic E-state index is -0.662. The standard InChI is InChI=1S/C23H19FN6O2/c24-19-9-5-4-8-18(19)23(31)30-29-22-20(25)21(26-14-27-22)28-15-10-12-17(13-11-15)32-16-6-2-1-3-7-16/h1-14H,25H2,(H,30,31)(H2,26,27,28,29). The number of nitrogen functional groups attached to an aromatic ring is 1. The number of nitrogens with two attached hydrogens (primary N) is 1. The molecule has 5 N–H and O–H groups in total. The number of amides is 1. The number of ether oxygens (including phenoxy) is 1. The number of aromatic nitrogens is 2. The zero-order valence-corrected chi connectivity index (χ0v) is 16.7. The van der Waals surface area contributed by atoms with Crippen LogP contribution in [0.2, 0.25) is 0 Å². The van der Waals surface area contributed by atoms with Gasteiger partial charge in [0.1, 0.15) is 29.3 Å². The summed E-state index contributed by atoms with van der Waals surface area (Å²) in [5.74, 6) is 0.613. The lowest BCUT2D eigenvalue weighted by atomic mass is 10.2. The average molecular weight is 430 g/mol. The van der Waals surface area contributed by atoms with Crippen molar-refractivity contribution in [2.45, 2.75) is 0 Å². The quantitative estimate of drug-likeness (QED) is 0.319. The number of anilines is 4. The molecular formula is C23H19FN6O2. The van der Waals surface area contributed by atoms with Crippen molar-refractivity contribution in [3.05, 3.63) is 96.6 Å². The van der Waals surface area contributed by atoms with Crippen LogP contribution in [0.1, 0.15) is 10.4 Å². The zero-order chi connectivity index (χ0) is 22.3. The third-order valence-corrected chi connectivity index (χ3v) is 4.39. The Balaban J connectivity index is 1.41. The molecule has 8 nitrogen and oxygen atoms in total. The van der Waals surface area contributed by atoms with Gasteiger partial charge in [-0.05, 0) is 48.5 Å². The molecule has 1 aromatic heterocycles. The van der Waals surface area contributed by atoms with E-state index in [1.165, 1.54) is 24.5 Å². The molecule has 1 amide bonds. The van der Waals surface area contributed by atoms with Crippen molar-refractivity contribution in [3.63, 3.8) is 0 Å². The van der Waals surface area contributed by atoms with Crippen LogP contribution in [0, 0.1) is 5.82 Å². The lowest BCUT2D eigenvalue weighted by Gasteiger charge is -2.13. The number of rotatable bonds is 7. The summed E-state index contributed by atoms with van der Waals surface area (Å²) in [6, 6.07) is 22.3. The van der Waals surface area contributed by atoms with E-state index in [0.717, 1.165) is 11.4 Å². The van der Waals surface area contributed by atoms with E-state index in [1.807, 2.05) is 42.5 Å². The molecule has 0 saturated heterocycles. The summed E-state index contributed by atoms with van der Waals surface area (Å²) >= 11 is 0. The van der Waals surface area contributed by atoms with Gasteiger partial charge < -0.3 is 15.8 Å². The number of hydrogen-bond acceptors (Lipinski definition) is 7. The Labute approximate surface area is 183 Å². The zero-order valence-electron chi connectivity index (χ0n) is 16.7. The number of nitrogens with zero attached hydrogens (tertiary/aromatic N) is 2. The monoisotopic (exact) mass is 430 g/mol. The molecule has 0 aliphatic carbocycles. The summed E-state index contributed by atoms with van der Waals surface area (Å²) in [5.41, 5.74) is 11.9. The Morgan fingerprint density at radius 1 is 0.844 bits per heavy atom. The van der Waals surface area contributed by atoms with E-state index in [-0.39, 0.29) is 17.1 Å². The van der Waals surface area contributed by atoms with Gasteiger partial charge in [0.25, 0.3) is 5.91 Å². The number of para-hydroxylation sites is 1. The highest BCUT2D eigenvalue weighted by Gasteiger charge is 2.13. The number of nitrogens with one attached hydrogen (secondary N) is 3. The first-order valence-electron chi connectivity index (χ1n) is 9.61. The Bertz CT molecular complexity index is 1220. The van der Waals surface area contributed by atoms with Gasteiger partial charge in [0.05, 0.1) is 5.56 Å². The third kappa shape index (κ3) is 4.90. The lowest BCUT2D eigenvalue weighted by molar-refractivity contribution is 0.0958. The summed E-state index contributed by atoms with van der Waals surface area (Å²) < 4.78 is 19.5. The van der Waals surface area contributed by atoms with Crippen molar-refractivity contribution in [3.8, 4) is 11.5 Å². The molecule has 4 rings (SSSR count). The Morgan fingerprint density at radius 2 is 1.50 bits per heavy atom. The van der Waals surface area contributed by atoms with Gasteiger partial charge in [0.15, 0.2) is 11.6 Å². The largest absolute Gasteiger partial charge is 0.457 e. The van der Waals surface area contributed by atoms with E-state index in [2.05, 4.69) is 26.1 Å². The Morgan fingerprint density at radius 3 is 2.25 bits per heavy atom. The van der Waals surface area contributed by atoms with Crippen molar-refractivity contribution in [2.24, 2.45) is 0 Å². The summed E-state index contributed by atoms with van der Waals surface area (Å²) in [4.78, 5) is 20.3. The molecular weight excluding hydrogens is 411 g/mol. The molecule has 9 heteroatoms. The van der Waals surface area contributed by atoms with Crippen LogP contribution < -0.4 is 26.6 Å². The van der Waals surface area contributed by atoms with Crippen LogP contribution in [0.25, 0.3) is 0 Å². The van der Waals surface area contributed by atoms with Crippen LogP contribution in [-0.4, -0.2) is 15.9 Å². The second-order valence-electron chi connectivity index (χ2n) is 6.61. The smallest absolute Gasteiger partial charge is 0.272 e. The molecule has 3 aromatic carbocycles. The fraction of sp³-hybridized carbons (Fsp3) is 0. The first-order valence-corrected chi connectivity index (χ1v) is 9.61. The summed E-state index contributed by atoms with van der Waals surface area (Å²) in [6.45, 7) is 0. The highest BCUT2D eigenvalue weighted by molar-refractivity contribution is 5.95. The van der Waals surface area contributed by atoms with Crippen LogP contribution in [0.3, 0.4) is 0 Å². The molecule has 4 aromatic rings. The van der Waals surface area contributed by atoms with Gasteiger partial charge in [0.2, 0.25) is 0 Å². The van der Waals surface area contributed by atoms with Gasteiger partial charge >= 0.3 is 0 Å². The molecule has 0 radical (unpaired) electrons. The molecule has 0 spiro atoms. The van der Waals surface area contributed by atoms with Crippen molar-refractivity contribution in [1.82, 2.24) is 15.4 Å². The normalized spacial score (nSPS) is 10.3. The van der Waals surface area contributed by atoms with E-state index in [1.54, 1.807) is 18.2 Å². The highest BCUT2D eigenvalue weighted by atomic mass is 19.1. The van der Waals surface area contributed by atoms with Gasteiger partial charge in [-0.1, -0.05) is 30.3 Å². The SMILES string of the molecule is Nc1c(NNC(=O)c2ccccc2F)ncnc1Nc1ccc(Oc2ccccc2)cc1. The molecule has 0 saturated carbocycles. The Kier molecular flexibility index (Phi) is 6.08. The van der Waals surface area contributed by atoms with Crippen molar-refractivity contribution in [2.75, 3.05) is 16.5 Å². The number of carbonyl (C=O) groups excluding carboxylic acids is 1. The van der Waals surface area contributed by atoms with Gasteiger partial charge in [-0.15, -0.1) is 0 Å². The molecule has 0 aliphatic heterocycles. The van der Waals surface area contributed by atoms with Crippen molar-refractivity contribution in [1.29, 1.82) is 0 Å².